The number of fused-ring (bicyclic) bond motifs is 1. The molecule has 0 spiro atoms. The number of carboxylic acids is 1. The summed E-state index contributed by atoms with van der Waals surface area (Å²) in [7, 11) is -0.191. The zero-order chi connectivity index (χ0) is 20.5. The van der Waals surface area contributed by atoms with Crippen molar-refractivity contribution in [1.29, 1.82) is 0 Å². The van der Waals surface area contributed by atoms with Crippen molar-refractivity contribution in [2.45, 2.75) is 24.1 Å². The van der Waals surface area contributed by atoms with E-state index in [4.69, 9.17) is 14.6 Å². The minimum absolute atomic E-state index is 0.000357. The van der Waals surface area contributed by atoms with Crippen LogP contribution in [0.2, 0.25) is 0 Å². The van der Waals surface area contributed by atoms with Crippen LogP contribution in [0.1, 0.15) is 12.8 Å². The zero-order valence-electron chi connectivity index (χ0n) is 15.3. The summed E-state index contributed by atoms with van der Waals surface area (Å²) in [6, 6.07) is 4.72. The first kappa shape index (κ1) is 20.5. The highest BCUT2D eigenvalue weighted by Crippen LogP contribution is 2.44. The molecule has 1 N–H and O–H groups in total. The number of carbonyl (C=O) groups excluding carboxylic acids is 1. The molecule has 2 aliphatic rings. The van der Waals surface area contributed by atoms with E-state index >= 15 is 0 Å². The van der Waals surface area contributed by atoms with Crippen molar-refractivity contribution >= 4 is 44.3 Å². The van der Waals surface area contributed by atoms with Gasteiger partial charge < -0.3 is 19.5 Å². The summed E-state index contributed by atoms with van der Waals surface area (Å²) in [6.45, 7) is 0. The van der Waals surface area contributed by atoms with Gasteiger partial charge in [0.1, 0.15) is 11.5 Å². The molecule has 2 heterocycles. The molecule has 0 bridgehead atoms. The average molecular weight is 428 g/mol. The Bertz CT molecular complexity index is 929. The average Bonchev–Trinajstić information content (AvgIpc) is 3.10. The first-order valence-corrected chi connectivity index (χ1v) is 11.2. The van der Waals surface area contributed by atoms with Crippen LogP contribution in [0, 0.1) is 0 Å². The molecule has 28 heavy (non-hydrogen) atoms. The third-order valence-electron chi connectivity index (χ3n) is 4.49. The monoisotopic (exact) mass is 428 g/mol. The Morgan fingerprint density at radius 3 is 2.64 bits per heavy atom. The third kappa shape index (κ3) is 4.25. The molecule has 1 aromatic rings. The lowest BCUT2D eigenvalue weighted by molar-refractivity contribution is -0.138. The molecule has 1 aromatic carbocycles. The summed E-state index contributed by atoms with van der Waals surface area (Å²) in [5, 5.41) is 8.84. The van der Waals surface area contributed by atoms with Crippen LogP contribution in [0.4, 0.5) is 5.69 Å². The van der Waals surface area contributed by atoms with Gasteiger partial charge in [0.15, 0.2) is 15.0 Å². The number of nitrogens with zero attached hydrogens (tertiary/aromatic N) is 2. The number of benzene rings is 1. The lowest BCUT2D eigenvalue weighted by atomic mass is 10.2. The Morgan fingerprint density at radius 1 is 1.25 bits per heavy atom. The number of carboxylic acid groups (broad SMARTS) is 1. The highest BCUT2D eigenvalue weighted by molar-refractivity contribution is 8.16. The zero-order valence-corrected chi connectivity index (χ0v) is 17.0. The van der Waals surface area contributed by atoms with Gasteiger partial charge in [0.25, 0.3) is 0 Å². The highest BCUT2D eigenvalue weighted by atomic mass is 32.2. The molecule has 0 radical (unpaired) electrons. The van der Waals surface area contributed by atoms with Crippen LogP contribution in [0.25, 0.3) is 0 Å². The topological polar surface area (TPSA) is 123 Å². The van der Waals surface area contributed by atoms with E-state index in [0.717, 1.165) is 0 Å². The van der Waals surface area contributed by atoms with E-state index in [1.165, 1.54) is 26.0 Å². The van der Waals surface area contributed by atoms with Gasteiger partial charge in [0.2, 0.25) is 5.91 Å². The van der Waals surface area contributed by atoms with Crippen LogP contribution in [0.3, 0.4) is 0 Å². The van der Waals surface area contributed by atoms with Gasteiger partial charge in [-0.1, -0.05) is 11.8 Å². The number of aliphatic carboxylic acids is 1. The molecule has 2 atom stereocenters. The number of amidine groups is 1. The maximum atomic E-state index is 12.1. The van der Waals surface area contributed by atoms with Crippen LogP contribution in [-0.2, 0) is 19.4 Å². The Labute approximate surface area is 166 Å². The van der Waals surface area contributed by atoms with Gasteiger partial charge in [0, 0.05) is 17.7 Å². The predicted octanol–water partition coefficient (Wildman–Crippen LogP) is 1.17. The lowest BCUT2D eigenvalue weighted by Gasteiger charge is -2.26. The second kappa shape index (κ2) is 8.00. The van der Waals surface area contributed by atoms with Gasteiger partial charge in [-0.05, 0) is 12.1 Å². The predicted molar refractivity (Wildman–Crippen MR) is 105 cm³/mol. The minimum atomic E-state index is -3.20. The number of amides is 1. The molecular weight excluding hydrogens is 408 g/mol. The molecule has 0 aromatic heterocycles. The van der Waals surface area contributed by atoms with Crippen molar-refractivity contribution in [2.24, 2.45) is 4.99 Å². The van der Waals surface area contributed by atoms with E-state index in [0.29, 0.717) is 22.4 Å². The van der Waals surface area contributed by atoms with Crippen molar-refractivity contribution in [3.8, 4) is 11.5 Å². The van der Waals surface area contributed by atoms with E-state index in [-0.39, 0.29) is 35.6 Å². The van der Waals surface area contributed by atoms with Crippen LogP contribution in [0.5, 0.6) is 11.5 Å². The molecule has 9 nitrogen and oxygen atoms in total. The summed E-state index contributed by atoms with van der Waals surface area (Å²) >= 11 is 1.22. The van der Waals surface area contributed by atoms with Crippen LogP contribution < -0.4 is 14.4 Å². The molecular formula is C17H20N2O7S2. The number of anilines is 1. The fourth-order valence-corrected chi connectivity index (χ4v) is 7.13. The summed E-state index contributed by atoms with van der Waals surface area (Å²) in [5.74, 6) is -0.675. The summed E-state index contributed by atoms with van der Waals surface area (Å²) in [4.78, 5) is 28.6. The smallest absolute Gasteiger partial charge is 0.303 e. The molecule has 3 rings (SSSR count). The van der Waals surface area contributed by atoms with Crippen LogP contribution in [0.15, 0.2) is 23.2 Å². The van der Waals surface area contributed by atoms with E-state index in [9.17, 15) is 18.0 Å². The molecule has 11 heteroatoms. The number of methoxy groups -OCH3 is 2. The van der Waals surface area contributed by atoms with Crippen LogP contribution in [-0.4, -0.2) is 67.6 Å². The number of sulfone groups is 1. The number of thioether (sulfide) groups is 1. The molecule has 0 saturated carbocycles. The van der Waals surface area contributed by atoms with Crippen molar-refractivity contribution < 1.29 is 32.6 Å². The van der Waals surface area contributed by atoms with E-state index < -0.39 is 21.7 Å². The van der Waals surface area contributed by atoms with Gasteiger partial charge in [0.05, 0.1) is 43.9 Å². The Morgan fingerprint density at radius 2 is 2.00 bits per heavy atom. The summed E-state index contributed by atoms with van der Waals surface area (Å²) in [5.41, 5.74) is 0.574. The van der Waals surface area contributed by atoms with Gasteiger partial charge in [-0.2, -0.15) is 4.99 Å². The lowest BCUT2D eigenvalue weighted by Crippen LogP contribution is -2.38. The molecule has 0 unspecified atom stereocenters. The Kier molecular flexibility index (Phi) is 5.84. The number of hydrogen-bond acceptors (Lipinski definition) is 7. The van der Waals surface area contributed by atoms with Gasteiger partial charge >= 0.3 is 5.97 Å². The fraction of sp³-hybridized carbons (Fsp3) is 0.471. The Hall–Kier alpha value is -2.27. The number of carbonyl (C=O) groups is 2. The summed E-state index contributed by atoms with van der Waals surface area (Å²) < 4.78 is 34.9. The van der Waals surface area contributed by atoms with Crippen LogP contribution >= 0.6 is 11.8 Å². The van der Waals surface area contributed by atoms with E-state index in [1.807, 2.05) is 0 Å². The Balaban J connectivity index is 1.99. The first-order chi connectivity index (χ1) is 13.2. The van der Waals surface area contributed by atoms with Gasteiger partial charge in [-0.25, -0.2) is 8.42 Å². The maximum absolute atomic E-state index is 12.1. The van der Waals surface area contributed by atoms with Gasteiger partial charge in [-0.15, -0.1) is 0 Å². The van der Waals surface area contributed by atoms with E-state index in [2.05, 4.69) is 4.99 Å². The molecule has 2 fully saturated rings. The second-order valence-corrected chi connectivity index (χ2v) is 9.75. The van der Waals surface area contributed by atoms with Crippen molar-refractivity contribution in [2.75, 3.05) is 30.6 Å². The fourth-order valence-electron chi connectivity index (χ4n) is 3.21. The summed E-state index contributed by atoms with van der Waals surface area (Å²) in [6.07, 6.45) is -0.534. The van der Waals surface area contributed by atoms with Crippen molar-refractivity contribution in [1.82, 2.24) is 0 Å². The second-order valence-electron chi connectivity index (χ2n) is 6.39. The molecule has 2 saturated heterocycles. The van der Waals surface area contributed by atoms with Gasteiger partial charge in [-0.3, -0.25) is 9.59 Å². The van der Waals surface area contributed by atoms with Crippen molar-refractivity contribution in [3.63, 3.8) is 0 Å². The highest BCUT2D eigenvalue weighted by Gasteiger charge is 2.50. The third-order valence-corrected chi connectivity index (χ3v) is 7.70. The largest absolute Gasteiger partial charge is 0.497 e. The normalized spacial score (nSPS) is 24.2. The number of ether oxygens (including phenoxy) is 2. The number of rotatable bonds is 6. The molecule has 152 valence electrons. The molecule has 2 aliphatic heterocycles. The maximum Gasteiger partial charge on any atom is 0.303 e. The quantitative estimate of drug-likeness (QED) is 0.711. The number of aliphatic imine (C=N–C) groups is 1. The molecule has 0 aliphatic carbocycles. The minimum Gasteiger partial charge on any atom is -0.497 e. The SMILES string of the molecule is COc1ccc(N2C(=NC(=O)CCC(=O)O)S[C@@H]3CS(=O)(=O)C[C@@H]32)c(OC)c1. The first-order valence-electron chi connectivity index (χ1n) is 8.45. The van der Waals surface area contributed by atoms with E-state index in [1.54, 1.807) is 23.1 Å². The standard InChI is InChI=1S/C17H20N2O7S2/c1-25-10-3-4-11(13(7-10)26-2)19-12-8-28(23,24)9-14(12)27-17(19)18-15(20)5-6-16(21)22/h3-4,7,12,14H,5-6,8-9H2,1-2H3,(H,21,22)/t12-,14+/m0/s1. The van der Waals surface area contributed by atoms with Crippen molar-refractivity contribution in [3.05, 3.63) is 18.2 Å². The number of hydrogen-bond donors (Lipinski definition) is 1. The molecule has 1 amide bonds.